The molecule has 0 fully saturated rings. The van der Waals surface area contributed by atoms with Crippen LogP contribution in [0.5, 0.6) is 0 Å². The Morgan fingerprint density at radius 3 is 1.20 bits per heavy atom. The van der Waals surface area contributed by atoms with Crippen molar-refractivity contribution < 1.29 is 20.1 Å². The van der Waals surface area contributed by atoms with Crippen LogP contribution < -0.4 is 5.32 Å². The van der Waals surface area contributed by atoms with Crippen LogP contribution in [-0.4, -0.2) is 46.1 Å². The Morgan fingerprint density at radius 1 is 0.446 bits per heavy atom. The van der Waals surface area contributed by atoms with Crippen LogP contribution in [0.1, 0.15) is 245 Å². The van der Waals surface area contributed by atoms with Gasteiger partial charge in [-0.25, -0.2) is 0 Å². The average molecular weight is 786 g/mol. The van der Waals surface area contributed by atoms with E-state index in [1.54, 1.807) is 0 Å². The van der Waals surface area contributed by atoms with Gasteiger partial charge in [-0.1, -0.05) is 204 Å². The Morgan fingerprint density at radius 2 is 0.786 bits per heavy atom. The Bertz CT molecular complexity index is 912. The number of carbonyl (C=O) groups is 1. The zero-order valence-electron chi connectivity index (χ0n) is 37.3. The lowest BCUT2D eigenvalue weighted by atomic mass is 10.0. The van der Waals surface area contributed by atoms with Crippen LogP contribution >= 0.6 is 0 Å². The topological polar surface area (TPSA) is 89.8 Å². The highest BCUT2D eigenvalue weighted by atomic mass is 16.3. The number of carbonyl (C=O) groups excluding carboxylic acids is 1. The molecule has 0 heterocycles. The minimum Gasteiger partial charge on any atom is -0.394 e. The van der Waals surface area contributed by atoms with E-state index in [0.717, 1.165) is 57.8 Å². The molecule has 0 aliphatic carbocycles. The molecule has 0 aromatic rings. The number of hydrogen-bond donors (Lipinski definition) is 4. The summed E-state index contributed by atoms with van der Waals surface area (Å²) in [5.41, 5.74) is 0. The summed E-state index contributed by atoms with van der Waals surface area (Å²) >= 11 is 0. The predicted molar refractivity (Wildman–Crippen MR) is 245 cm³/mol. The van der Waals surface area contributed by atoms with Crippen LogP contribution in [0.25, 0.3) is 0 Å². The number of amides is 1. The quantitative estimate of drug-likeness (QED) is 0.0366. The van der Waals surface area contributed by atoms with Gasteiger partial charge < -0.3 is 20.6 Å². The van der Waals surface area contributed by atoms with Crippen molar-refractivity contribution in [2.45, 2.75) is 263 Å². The first-order valence-electron chi connectivity index (χ1n) is 24.4. The molecular weight excluding hydrogens is 691 g/mol. The lowest BCUT2D eigenvalue weighted by molar-refractivity contribution is -0.124. The van der Waals surface area contributed by atoms with E-state index >= 15 is 0 Å². The van der Waals surface area contributed by atoms with Crippen molar-refractivity contribution in [3.05, 3.63) is 48.6 Å². The highest BCUT2D eigenvalue weighted by Gasteiger charge is 2.26. The first-order valence-corrected chi connectivity index (χ1v) is 24.4. The van der Waals surface area contributed by atoms with Crippen molar-refractivity contribution in [1.82, 2.24) is 5.32 Å². The number of aliphatic hydroxyl groups is 3. The summed E-state index contributed by atoms with van der Waals surface area (Å²) in [5, 5.41) is 33.6. The summed E-state index contributed by atoms with van der Waals surface area (Å²) in [6.45, 7) is 4.17. The maximum Gasteiger partial charge on any atom is 0.220 e. The number of aliphatic hydroxyl groups excluding tert-OH is 3. The van der Waals surface area contributed by atoms with Gasteiger partial charge in [-0.2, -0.15) is 0 Å². The summed E-state index contributed by atoms with van der Waals surface area (Å²) in [6, 6.07) is -0.838. The molecule has 3 atom stereocenters. The van der Waals surface area contributed by atoms with Crippen LogP contribution in [0.15, 0.2) is 48.6 Å². The maximum absolute atomic E-state index is 12.5. The molecule has 0 saturated carbocycles. The van der Waals surface area contributed by atoms with E-state index in [1.807, 2.05) is 0 Å². The summed E-state index contributed by atoms with van der Waals surface area (Å²) in [5.74, 6) is -0.166. The summed E-state index contributed by atoms with van der Waals surface area (Å²) in [6.07, 6.45) is 59.5. The van der Waals surface area contributed by atoms with Crippen molar-refractivity contribution >= 4 is 5.91 Å². The first kappa shape index (κ1) is 54.3. The number of hydrogen-bond acceptors (Lipinski definition) is 4. The van der Waals surface area contributed by atoms with E-state index in [4.69, 9.17) is 0 Å². The van der Waals surface area contributed by atoms with Crippen LogP contribution in [0, 0.1) is 0 Å². The second kappa shape index (κ2) is 46.0. The molecule has 0 aromatic carbocycles. The maximum atomic E-state index is 12.5. The van der Waals surface area contributed by atoms with Gasteiger partial charge in [-0.05, 0) is 83.5 Å². The van der Waals surface area contributed by atoms with E-state index in [1.165, 1.54) is 161 Å². The lowest BCUT2D eigenvalue weighted by Gasteiger charge is -2.26. The van der Waals surface area contributed by atoms with Crippen molar-refractivity contribution in [3.63, 3.8) is 0 Å². The van der Waals surface area contributed by atoms with E-state index in [-0.39, 0.29) is 12.5 Å². The highest BCUT2D eigenvalue weighted by molar-refractivity contribution is 5.76. The number of nitrogens with one attached hydrogen (secondary N) is 1. The van der Waals surface area contributed by atoms with Crippen molar-refractivity contribution in [2.24, 2.45) is 0 Å². The van der Waals surface area contributed by atoms with Crippen LogP contribution in [0.4, 0.5) is 0 Å². The van der Waals surface area contributed by atoms with Crippen molar-refractivity contribution in [2.75, 3.05) is 6.61 Å². The van der Waals surface area contributed by atoms with Crippen LogP contribution in [0.3, 0.4) is 0 Å². The van der Waals surface area contributed by atoms with Gasteiger partial charge in [0, 0.05) is 6.42 Å². The third-order valence-corrected chi connectivity index (χ3v) is 11.1. The Labute approximate surface area is 348 Å². The number of rotatable bonds is 44. The fraction of sp³-hybridized carbons (Fsp3) is 0.824. The molecule has 0 aliphatic heterocycles. The minimum atomic E-state index is -1.17. The highest BCUT2D eigenvalue weighted by Crippen LogP contribution is 2.15. The molecule has 5 nitrogen and oxygen atoms in total. The second-order valence-corrected chi connectivity index (χ2v) is 16.6. The molecule has 328 valence electrons. The Hall–Kier alpha value is -1.69. The molecule has 0 rings (SSSR count). The molecule has 0 saturated heterocycles. The number of unbranched alkanes of at least 4 members (excludes halogenated alkanes) is 28. The molecule has 1 amide bonds. The van der Waals surface area contributed by atoms with E-state index in [2.05, 4.69) is 67.8 Å². The lowest BCUT2D eigenvalue weighted by Crippen LogP contribution is -2.50. The number of allylic oxidation sites excluding steroid dienone is 8. The summed E-state index contributed by atoms with van der Waals surface area (Å²) in [4.78, 5) is 12.5. The molecule has 4 N–H and O–H groups in total. The SMILES string of the molecule is CCCCCCCCCCC/C=C\C/C=C\CCCCCCCCCC(=O)NC(CO)C(O)C(O)CCC/C=C/CC/C=C/CCCCCCCCCCCC. The monoisotopic (exact) mass is 786 g/mol. The molecule has 5 heteroatoms. The first-order chi connectivity index (χ1) is 27.6. The zero-order chi connectivity index (χ0) is 40.8. The van der Waals surface area contributed by atoms with Crippen LogP contribution in [0.2, 0.25) is 0 Å². The van der Waals surface area contributed by atoms with Gasteiger partial charge in [0.15, 0.2) is 0 Å². The molecule has 56 heavy (non-hydrogen) atoms. The smallest absolute Gasteiger partial charge is 0.220 e. The molecule has 0 aromatic heterocycles. The van der Waals surface area contributed by atoms with E-state index in [0.29, 0.717) is 12.8 Å². The molecule has 0 radical (unpaired) electrons. The molecule has 0 bridgehead atoms. The Kier molecular flexibility index (Phi) is 44.6. The largest absolute Gasteiger partial charge is 0.394 e. The van der Waals surface area contributed by atoms with E-state index in [9.17, 15) is 20.1 Å². The average Bonchev–Trinajstić information content (AvgIpc) is 3.20. The second-order valence-electron chi connectivity index (χ2n) is 16.6. The molecule has 3 unspecified atom stereocenters. The third kappa shape index (κ3) is 40.5. The van der Waals surface area contributed by atoms with E-state index < -0.39 is 18.2 Å². The predicted octanol–water partition coefficient (Wildman–Crippen LogP) is 14.5. The third-order valence-electron chi connectivity index (χ3n) is 11.1. The summed E-state index contributed by atoms with van der Waals surface area (Å²) < 4.78 is 0. The zero-order valence-corrected chi connectivity index (χ0v) is 37.3. The fourth-order valence-electron chi connectivity index (χ4n) is 7.33. The Balaban J connectivity index is 3.69. The standard InChI is InChI=1S/C51H95NO4/c1-3-5-7-9-11-13-15-17-19-21-23-24-25-26-28-30-32-34-36-38-40-42-44-46-50(55)52-48(47-53)51(56)49(54)45-43-41-39-37-35-33-31-29-27-22-20-18-16-14-12-10-8-6-4-2/h23-24,26,28-29,31,37,39,48-49,51,53-54,56H,3-22,25,27,30,32-36,38,40-47H2,1-2H3,(H,52,55)/b24-23-,28-26-,31-29+,39-37+. The normalized spacial score (nSPS) is 13.9. The van der Waals surface area contributed by atoms with Gasteiger partial charge in [-0.15, -0.1) is 0 Å². The van der Waals surface area contributed by atoms with Gasteiger partial charge in [0.2, 0.25) is 5.91 Å². The van der Waals surface area contributed by atoms with Gasteiger partial charge in [0.1, 0.15) is 6.10 Å². The minimum absolute atomic E-state index is 0.166. The van der Waals surface area contributed by atoms with Crippen LogP contribution in [-0.2, 0) is 4.79 Å². The molecular formula is C51H95NO4. The van der Waals surface area contributed by atoms with Gasteiger partial charge >= 0.3 is 0 Å². The molecule has 0 spiro atoms. The van der Waals surface area contributed by atoms with Gasteiger partial charge in [0.25, 0.3) is 0 Å². The molecule has 0 aliphatic rings. The summed E-state index contributed by atoms with van der Waals surface area (Å²) in [7, 11) is 0. The van der Waals surface area contributed by atoms with Gasteiger partial charge in [0.05, 0.1) is 18.8 Å². The fourth-order valence-corrected chi connectivity index (χ4v) is 7.33. The van der Waals surface area contributed by atoms with Gasteiger partial charge in [-0.3, -0.25) is 4.79 Å². The van der Waals surface area contributed by atoms with Crippen molar-refractivity contribution in [3.8, 4) is 0 Å². The van der Waals surface area contributed by atoms with Crippen molar-refractivity contribution in [1.29, 1.82) is 0 Å².